The molecule has 0 spiro atoms. The molecule has 0 unspecified atom stereocenters. The highest BCUT2D eigenvalue weighted by atomic mass is 35.5. The van der Waals surface area contributed by atoms with Crippen molar-refractivity contribution in [1.82, 2.24) is 24.9 Å². The zero-order valence-electron chi connectivity index (χ0n) is 23.0. The van der Waals surface area contributed by atoms with Gasteiger partial charge in [0.15, 0.2) is 22.6 Å². The second kappa shape index (κ2) is 11.8. The Morgan fingerprint density at radius 2 is 0.698 bits per heavy atom. The maximum atomic E-state index is 6.80. The first-order chi connectivity index (χ1) is 21.2. The minimum absolute atomic E-state index is 0.337. The van der Waals surface area contributed by atoms with Crippen molar-refractivity contribution in [2.45, 2.75) is 0 Å². The van der Waals surface area contributed by atoms with Crippen LogP contribution in [0.2, 0.25) is 5.15 Å². The number of benzene rings is 5. The van der Waals surface area contributed by atoms with Crippen molar-refractivity contribution in [3.63, 3.8) is 0 Å². The smallest absolute Gasteiger partial charge is 0.164 e. The molecule has 5 aromatic carbocycles. The number of nitrogens with zero attached hydrogens (tertiary/aromatic N) is 5. The Labute approximate surface area is 254 Å². The second-order valence-electron chi connectivity index (χ2n) is 9.88. The van der Waals surface area contributed by atoms with Crippen LogP contribution in [-0.4, -0.2) is 24.9 Å². The molecule has 0 aliphatic heterocycles. The van der Waals surface area contributed by atoms with Gasteiger partial charge in [-0.2, -0.15) is 0 Å². The first-order valence-electron chi connectivity index (χ1n) is 13.9. The molecule has 0 amide bonds. The molecule has 0 N–H and O–H groups in total. The largest absolute Gasteiger partial charge is 0.242 e. The molecule has 6 heteroatoms. The van der Waals surface area contributed by atoms with E-state index in [1.807, 2.05) is 146 Å². The Hall–Kier alpha value is -5.52. The summed E-state index contributed by atoms with van der Waals surface area (Å²) in [6, 6.07) is 47.8. The standard InChI is InChI=1S/C37H24ClN5/c38-34-32(26-17-7-2-8-18-26)39-33(31(40-34)25-15-5-1-6-16-25)29-23-13-14-24-30(29)37-42-35(27-19-9-3-10-20-27)41-36(43-37)28-21-11-4-12-22-28/h1-24H. The van der Waals surface area contributed by atoms with Crippen molar-refractivity contribution < 1.29 is 0 Å². The zero-order chi connectivity index (χ0) is 29.0. The van der Waals surface area contributed by atoms with Gasteiger partial charge >= 0.3 is 0 Å². The van der Waals surface area contributed by atoms with Crippen LogP contribution >= 0.6 is 11.6 Å². The Balaban J connectivity index is 1.49. The highest BCUT2D eigenvalue weighted by Crippen LogP contribution is 2.39. The van der Waals surface area contributed by atoms with E-state index in [-0.39, 0.29) is 0 Å². The minimum Gasteiger partial charge on any atom is -0.242 e. The molecule has 2 aromatic heterocycles. The van der Waals surface area contributed by atoms with E-state index in [4.69, 9.17) is 36.5 Å². The van der Waals surface area contributed by atoms with Crippen molar-refractivity contribution >= 4 is 11.6 Å². The third kappa shape index (κ3) is 5.42. The van der Waals surface area contributed by atoms with Gasteiger partial charge in [-0.25, -0.2) is 24.9 Å². The van der Waals surface area contributed by atoms with Crippen molar-refractivity contribution in [2.75, 3.05) is 0 Å². The van der Waals surface area contributed by atoms with Gasteiger partial charge in [-0.05, 0) is 0 Å². The third-order valence-electron chi connectivity index (χ3n) is 7.07. The van der Waals surface area contributed by atoms with E-state index in [2.05, 4.69) is 0 Å². The topological polar surface area (TPSA) is 64.5 Å². The molecule has 204 valence electrons. The van der Waals surface area contributed by atoms with Crippen LogP contribution in [-0.2, 0) is 0 Å². The number of halogens is 1. The molecule has 0 saturated carbocycles. The monoisotopic (exact) mass is 573 g/mol. The lowest BCUT2D eigenvalue weighted by Crippen LogP contribution is -2.03. The first-order valence-corrected chi connectivity index (χ1v) is 14.3. The number of rotatable bonds is 6. The van der Waals surface area contributed by atoms with Crippen LogP contribution in [0.5, 0.6) is 0 Å². The summed E-state index contributed by atoms with van der Waals surface area (Å²) in [7, 11) is 0. The van der Waals surface area contributed by atoms with Gasteiger partial charge in [0.05, 0.1) is 11.4 Å². The fourth-order valence-corrected chi connectivity index (χ4v) is 5.23. The quantitative estimate of drug-likeness (QED) is 0.198. The van der Waals surface area contributed by atoms with Gasteiger partial charge in [-0.3, -0.25) is 0 Å². The molecule has 7 aromatic rings. The summed E-state index contributed by atoms with van der Waals surface area (Å²) in [6.07, 6.45) is 0. The Morgan fingerprint density at radius 3 is 1.21 bits per heavy atom. The lowest BCUT2D eigenvalue weighted by atomic mass is 9.98. The Bertz CT molecular complexity index is 1960. The third-order valence-corrected chi connectivity index (χ3v) is 7.33. The van der Waals surface area contributed by atoms with Crippen molar-refractivity contribution in [3.05, 3.63) is 151 Å². The zero-order valence-corrected chi connectivity index (χ0v) is 23.7. The van der Waals surface area contributed by atoms with Crippen LogP contribution in [0.4, 0.5) is 0 Å². The van der Waals surface area contributed by atoms with Gasteiger partial charge in [0, 0.05) is 33.4 Å². The summed E-state index contributed by atoms with van der Waals surface area (Å²) in [6.45, 7) is 0. The average molecular weight is 574 g/mol. The van der Waals surface area contributed by atoms with Crippen molar-refractivity contribution in [3.8, 4) is 67.9 Å². The maximum absolute atomic E-state index is 6.80. The molecular weight excluding hydrogens is 550 g/mol. The number of hydrogen-bond acceptors (Lipinski definition) is 5. The average Bonchev–Trinajstić information content (AvgIpc) is 3.09. The van der Waals surface area contributed by atoms with E-state index < -0.39 is 0 Å². The van der Waals surface area contributed by atoms with Crippen LogP contribution in [0.25, 0.3) is 67.9 Å². The molecule has 0 aliphatic rings. The van der Waals surface area contributed by atoms with Crippen molar-refractivity contribution in [1.29, 1.82) is 0 Å². The van der Waals surface area contributed by atoms with E-state index in [0.29, 0.717) is 39.7 Å². The summed E-state index contributed by atoms with van der Waals surface area (Å²) >= 11 is 6.80. The van der Waals surface area contributed by atoms with Crippen molar-refractivity contribution in [2.24, 2.45) is 0 Å². The normalized spacial score (nSPS) is 10.9. The molecule has 0 atom stereocenters. The van der Waals surface area contributed by atoms with Crippen LogP contribution in [0.1, 0.15) is 0 Å². The molecule has 0 radical (unpaired) electrons. The summed E-state index contributed by atoms with van der Waals surface area (Å²) in [5.41, 5.74) is 7.23. The van der Waals surface area contributed by atoms with Crippen LogP contribution in [0.15, 0.2) is 146 Å². The fourth-order valence-electron chi connectivity index (χ4n) is 4.99. The van der Waals surface area contributed by atoms with Gasteiger partial charge < -0.3 is 0 Å². The summed E-state index contributed by atoms with van der Waals surface area (Å²) in [5.74, 6) is 1.73. The highest BCUT2D eigenvalue weighted by Gasteiger charge is 2.21. The van der Waals surface area contributed by atoms with Gasteiger partial charge in [0.2, 0.25) is 0 Å². The van der Waals surface area contributed by atoms with E-state index in [1.54, 1.807) is 0 Å². The lowest BCUT2D eigenvalue weighted by molar-refractivity contribution is 1.07. The van der Waals surface area contributed by atoms with Gasteiger partial charge in [-0.15, -0.1) is 0 Å². The summed E-state index contributed by atoms with van der Waals surface area (Å²) < 4.78 is 0. The maximum Gasteiger partial charge on any atom is 0.164 e. The molecule has 0 bridgehead atoms. The summed E-state index contributed by atoms with van der Waals surface area (Å²) in [5, 5.41) is 0.337. The highest BCUT2D eigenvalue weighted by molar-refractivity contribution is 6.32. The molecule has 0 aliphatic carbocycles. The molecule has 7 rings (SSSR count). The molecule has 0 saturated heterocycles. The fraction of sp³-hybridized carbons (Fsp3) is 0. The minimum atomic E-state index is 0.337. The van der Waals surface area contributed by atoms with Crippen LogP contribution in [0, 0.1) is 0 Å². The predicted molar refractivity (Wildman–Crippen MR) is 173 cm³/mol. The van der Waals surface area contributed by atoms with E-state index in [9.17, 15) is 0 Å². The van der Waals surface area contributed by atoms with Crippen LogP contribution in [0.3, 0.4) is 0 Å². The molecule has 2 heterocycles. The molecule has 0 fully saturated rings. The second-order valence-corrected chi connectivity index (χ2v) is 10.2. The predicted octanol–water partition coefficient (Wildman–Crippen LogP) is 9.32. The number of hydrogen-bond donors (Lipinski definition) is 0. The molecule has 43 heavy (non-hydrogen) atoms. The van der Waals surface area contributed by atoms with Crippen LogP contribution < -0.4 is 0 Å². The molecular formula is C37H24ClN5. The molecule has 5 nitrogen and oxygen atoms in total. The van der Waals surface area contributed by atoms with E-state index >= 15 is 0 Å². The van der Waals surface area contributed by atoms with Gasteiger partial charge in [0.25, 0.3) is 0 Å². The van der Waals surface area contributed by atoms with Gasteiger partial charge in [-0.1, -0.05) is 157 Å². The summed E-state index contributed by atoms with van der Waals surface area (Å²) in [4.78, 5) is 24.9. The van der Waals surface area contributed by atoms with Gasteiger partial charge in [0.1, 0.15) is 5.69 Å². The Morgan fingerprint density at radius 1 is 0.302 bits per heavy atom. The number of aromatic nitrogens is 5. The van der Waals surface area contributed by atoms with E-state index in [1.165, 1.54) is 0 Å². The first kappa shape index (κ1) is 26.4. The Kier molecular flexibility index (Phi) is 7.22. The SMILES string of the molecule is Clc1nc(-c2ccccc2)c(-c2ccccc2-c2nc(-c3ccccc3)nc(-c3ccccc3)n2)nc1-c1ccccc1. The lowest BCUT2D eigenvalue weighted by Gasteiger charge is -2.16. The van der Waals surface area contributed by atoms with E-state index in [0.717, 1.165) is 33.4 Å².